The molecule has 0 heterocycles. The molecule has 0 radical (unpaired) electrons. The van der Waals surface area contributed by atoms with Gasteiger partial charge >= 0.3 is 13.8 Å². The first kappa shape index (κ1) is 61.7. The van der Waals surface area contributed by atoms with Gasteiger partial charge in [0.1, 0.15) is 6.10 Å². The molecule has 0 spiro atoms. The van der Waals surface area contributed by atoms with E-state index in [-0.39, 0.29) is 32.3 Å². The van der Waals surface area contributed by atoms with Gasteiger partial charge in [0.2, 0.25) is 0 Å². The summed E-state index contributed by atoms with van der Waals surface area (Å²) in [6.45, 7) is 4.77. The Morgan fingerprint density at radius 1 is 0.484 bits per heavy atom. The van der Waals surface area contributed by atoms with Crippen molar-refractivity contribution in [2.24, 2.45) is 5.73 Å². The smallest absolute Gasteiger partial charge is 0.457 e. The summed E-state index contributed by atoms with van der Waals surface area (Å²) in [5, 5.41) is 0. The van der Waals surface area contributed by atoms with E-state index in [1.807, 2.05) is 0 Å². The van der Waals surface area contributed by atoms with Crippen LogP contribution in [0, 0.1) is 0 Å². The highest BCUT2D eigenvalue weighted by Gasteiger charge is 2.25. The van der Waals surface area contributed by atoms with Gasteiger partial charge < -0.3 is 20.1 Å². The molecule has 0 aromatic rings. The molecule has 2 atom stereocenters. The van der Waals surface area contributed by atoms with E-state index in [2.05, 4.69) is 98.9 Å². The average molecular weight is 916 g/mol. The van der Waals surface area contributed by atoms with Crippen molar-refractivity contribution in [1.29, 1.82) is 0 Å². The maximum atomic E-state index is 12.7. The second kappa shape index (κ2) is 51.7. The van der Waals surface area contributed by atoms with Crippen molar-refractivity contribution in [3.8, 4) is 0 Å². The Kier molecular flexibility index (Phi) is 49.8. The van der Waals surface area contributed by atoms with Gasteiger partial charge in [-0.2, -0.15) is 0 Å². The zero-order valence-corrected chi connectivity index (χ0v) is 42.1. The molecule has 0 bridgehead atoms. The zero-order chi connectivity index (χ0) is 46.5. The van der Waals surface area contributed by atoms with Gasteiger partial charge in [-0.15, -0.1) is 0 Å². The minimum atomic E-state index is -4.29. The van der Waals surface area contributed by atoms with Crippen molar-refractivity contribution in [3.63, 3.8) is 0 Å². The summed E-state index contributed by atoms with van der Waals surface area (Å²) in [7, 11) is -4.29. The first-order valence-electron chi connectivity index (χ1n) is 26.1. The second-order valence-electron chi connectivity index (χ2n) is 17.0. The summed E-state index contributed by atoms with van der Waals surface area (Å²) in [6.07, 6.45) is 67.6. The Labute approximate surface area is 394 Å². The molecule has 0 aromatic carbocycles. The van der Waals surface area contributed by atoms with Gasteiger partial charge in [-0.1, -0.05) is 208 Å². The van der Waals surface area contributed by atoms with Crippen molar-refractivity contribution in [1.82, 2.24) is 0 Å². The van der Waals surface area contributed by atoms with Gasteiger partial charge in [-0.3, -0.25) is 13.8 Å². The van der Waals surface area contributed by atoms with Crippen LogP contribution in [0.4, 0.5) is 0 Å². The van der Waals surface area contributed by atoms with Gasteiger partial charge in [-0.25, -0.2) is 4.57 Å². The topological polar surface area (TPSA) is 117 Å². The number of rotatable bonds is 49. The van der Waals surface area contributed by atoms with E-state index in [1.54, 1.807) is 0 Å². The molecule has 8 nitrogen and oxygen atoms in total. The van der Waals surface area contributed by atoms with Crippen LogP contribution in [0.3, 0.4) is 0 Å². The van der Waals surface area contributed by atoms with Crippen LogP contribution in [0.15, 0.2) is 85.1 Å². The number of phosphoric ester groups is 1. The molecule has 0 rings (SSSR count). The van der Waals surface area contributed by atoms with Gasteiger partial charge in [-0.05, 0) is 89.9 Å². The van der Waals surface area contributed by atoms with Crippen LogP contribution < -0.4 is 5.73 Å². The molecule has 370 valence electrons. The number of unbranched alkanes of at least 4 members (excludes halogenated alkanes) is 22. The van der Waals surface area contributed by atoms with Crippen LogP contribution in [0.1, 0.15) is 219 Å². The van der Waals surface area contributed by atoms with Crippen molar-refractivity contribution < 1.29 is 32.8 Å². The Morgan fingerprint density at radius 2 is 0.875 bits per heavy atom. The maximum absolute atomic E-state index is 12.7. The SMILES string of the molecule is CC/C=C\C/C=C\C/C=C\C/C=C\CCCCCCCCCCCCCCCOCC(COP(=O)(O)OCCN)OC(=O)CCCCCCCC/C=C\C/C=C\C/C=C\CCCCC. The molecule has 64 heavy (non-hydrogen) atoms. The molecular weight excluding hydrogens is 818 g/mol. The monoisotopic (exact) mass is 916 g/mol. The first-order chi connectivity index (χ1) is 31.4. The lowest BCUT2D eigenvalue weighted by atomic mass is 10.0. The van der Waals surface area contributed by atoms with Crippen molar-refractivity contribution in [3.05, 3.63) is 85.1 Å². The average Bonchev–Trinajstić information content (AvgIpc) is 3.29. The fourth-order valence-corrected chi connectivity index (χ4v) is 7.76. The first-order valence-corrected chi connectivity index (χ1v) is 27.6. The molecular formula is C55H98NO7P. The van der Waals surface area contributed by atoms with E-state index in [0.29, 0.717) is 13.0 Å². The van der Waals surface area contributed by atoms with Gasteiger partial charge in [0.15, 0.2) is 0 Å². The summed E-state index contributed by atoms with van der Waals surface area (Å²) in [5.74, 6) is -0.344. The lowest BCUT2D eigenvalue weighted by Gasteiger charge is -2.20. The number of allylic oxidation sites excluding steroid dienone is 14. The Morgan fingerprint density at radius 3 is 1.31 bits per heavy atom. The quantitative estimate of drug-likeness (QED) is 0.0268. The second-order valence-corrected chi connectivity index (χ2v) is 18.5. The third-order valence-electron chi connectivity index (χ3n) is 10.8. The molecule has 0 aliphatic rings. The Bertz CT molecular complexity index is 1260. The lowest BCUT2D eigenvalue weighted by Crippen LogP contribution is -2.28. The van der Waals surface area contributed by atoms with Gasteiger partial charge in [0, 0.05) is 19.6 Å². The number of carbonyl (C=O) groups is 1. The number of hydrogen-bond donors (Lipinski definition) is 2. The summed E-state index contributed by atoms with van der Waals surface area (Å²) in [6, 6.07) is 0. The predicted molar refractivity (Wildman–Crippen MR) is 275 cm³/mol. The van der Waals surface area contributed by atoms with E-state index in [4.69, 9.17) is 24.3 Å². The Hall–Kier alpha value is -2.32. The zero-order valence-electron chi connectivity index (χ0n) is 41.2. The molecule has 9 heteroatoms. The summed E-state index contributed by atoms with van der Waals surface area (Å²) in [4.78, 5) is 22.6. The molecule has 0 saturated heterocycles. The molecule has 0 amide bonds. The number of carbonyl (C=O) groups excluding carboxylic acids is 1. The summed E-state index contributed by atoms with van der Waals surface area (Å²) < 4.78 is 33.6. The highest BCUT2D eigenvalue weighted by atomic mass is 31.2. The van der Waals surface area contributed by atoms with E-state index in [0.717, 1.165) is 83.5 Å². The van der Waals surface area contributed by atoms with Crippen molar-refractivity contribution in [2.45, 2.75) is 225 Å². The number of nitrogens with two attached hydrogens (primary N) is 1. The lowest BCUT2D eigenvalue weighted by molar-refractivity contribution is -0.154. The third kappa shape index (κ3) is 50.7. The number of esters is 1. The molecule has 0 aliphatic carbocycles. The highest BCUT2D eigenvalue weighted by Crippen LogP contribution is 2.43. The van der Waals surface area contributed by atoms with Gasteiger partial charge in [0.25, 0.3) is 0 Å². The molecule has 0 fully saturated rings. The fraction of sp³-hybridized carbons (Fsp3) is 0.727. The molecule has 3 N–H and O–H groups in total. The molecule has 0 aliphatic heterocycles. The standard InChI is InChI=1S/C55H98NO7P/c1-3-5-7-9-11-13-15-17-19-21-23-24-25-26-27-28-29-31-33-35-37-39-41-43-45-47-50-60-52-54(53-62-64(58,59)61-51-49-56)63-55(57)48-46-44-42-40-38-36-34-32-30-22-20-18-16-14-12-10-8-6-4-2/h5,7,11-14,17-20,23-24,30,32,54H,3-4,6,8-10,15-16,21-22,25-29,31,33-53,56H2,1-2H3,(H,58,59)/b7-5-,13-11-,14-12-,19-17-,20-18-,24-23-,32-30-. The number of phosphoric acid groups is 1. The molecule has 2 unspecified atom stereocenters. The largest absolute Gasteiger partial charge is 0.472 e. The van der Waals surface area contributed by atoms with Crippen molar-refractivity contribution in [2.75, 3.05) is 33.0 Å². The highest BCUT2D eigenvalue weighted by molar-refractivity contribution is 7.47. The Balaban J connectivity index is 3.95. The van der Waals surface area contributed by atoms with Gasteiger partial charge in [0.05, 0.1) is 19.8 Å². The van der Waals surface area contributed by atoms with Crippen LogP contribution in [-0.4, -0.2) is 49.9 Å². The maximum Gasteiger partial charge on any atom is 0.472 e. The number of ether oxygens (including phenoxy) is 2. The van der Waals surface area contributed by atoms with E-state index in [9.17, 15) is 14.3 Å². The van der Waals surface area contributed by atoms with E-state index >= 15 is 0 Å². The minimum absolute atomic E-state index is 0.0943. The molecule has 0 saturated carbocycles. The summed E-state index contributed by atoms with van der Waals surface area (Å²) >= 11 is 0. The molecule has 0 aromatic heterocycles. The van der Waals surface area contributed by atoms with Crippen LogP contribution in [0.2, 0.25) is 0 Å². The summed E-state index contributed by atoms with van der Waals surface area (Å²) in [5.41, 5.74) is 5.39. The van der Waals surface area contributed by atoms with Crippen molar-refractivity contribution >= 4 is 13.8 Å². The van der Waals surface area contributed by atoms with E-state index < -0.39 is 13.9 Å². The van der Waals surface area contributed by atoms with Crippen LogP contribution in [-0.2, 0) is 27.9 Å². The number of hydrogen-bond acceptors (Lipinski definition) is 7. The third-order valence-corrected chi connectivity index (χ3v) is 11.8. The van der Waals surface area contributed by atoms with Crippen LogP contribution in [0.25, 0.3) is 0 Å². The van der Waals surface area contributed by atoms with Crippen LogP contribution >= 0.6 is 7.82 Å². The predicted octanol–water partition coefficient (Wildman–Crippen LogP) is 16.4. The normalized spacial score (nSPS) is 14.0. The minimum Gasteiger partial charge on any atom is -0.457 e. The fourth-order valence-electron chi connectivity index (χ4n) is 7.00. The van der Waals surface area contributed by atoms with Crippen LogP contribution in [0.5, 0.6) is 0 Å². The van der Waals surface area contributed by atoms with E-state index in [1.165, 1.54) is 116 Å².